The van der Waals surface area contributed by atoms with Crippen molar-refractivity contribution >= 4 is 12.3 Å². The van der Waals surface area contributed by atoms with Crippen LogP contribution in [0, 0.1) is 0 Å². The summed E-state index contributed by atoms with van der Waals surface area (Å²) in [4.78, 5) is 19.5. The largest absolute Gasteiger partial charge is 0.481 e. The summed E-state index contributed by atoms with van der Waals surface area (Å²) in [6.45, 7) is 0. The monoisotopic (exact) mass is 130 g/mol. The second-order valence-electron chi connectivity index (χ2n) is 1.66. The Morgan fingerprint density at radius 2 is 2.33 bits per heavy atom. The van der Waals surface area contributed by atoms with Gasteiger partial charge in [-0.2, -0.15) is 0 Å². The average Bonchev–Trinajstić information content (AvgIpc) is 1.83. The Kier molecular flexibility index (Phi) is 3.62. The Hall–Kier alpha value is -0.900. The minimum Gasteiger partial charge on any atom is -0.481 e. The zero-order valence-electron chi connectivity index (χ0n) is 4.83. The van der Waals surface area contributed by atoms with Gasteiger partial charge in [-0.05, 0) is 6.42 Å². The van der Waals surface area contributed by atoms with E-state index in [-0.39, 0.29) is 12.8 Å². The third-order valence-corrected chi connectivity index (χ3v) is 0.821. The summed E-state index contributed by atoms with van der Waals surface area (Å²) in [5.74, 6) is -0.944. The third-order valence-electron chi connectivity index (χ3n) is 0.821. The van der Waals surface area contributed by atoms with Crippen molar-refractivity contribution in [2.75, 3.05) is 0 Å². The lowest BCUT2D eigenvalue weighted by Gasteiger charge is -1.96. The van der Waals surface area contributed by atoms with E-state index in [1.807, 2.05) is 0 Å². The molecule has 0 amide bonds. The number of carboxylic acid groups (broad SMARTS) is 1. The second kappa shape index (κ2) is 4.03. The van der Waals surface area contributed by atoms with Gasteiger partial charge >= 0.3 is 5.97 Å². The molecule has 0 heterocycles. The molecule has 0 saturated carbocycles. The smallest absolute Gasteiger partial charge is 0.303 e. The van der Waals surface area contributed by atoms with Crippen LogP contribution in [0.3, 0.4) is 0 Å². The SMILES string of the molecule is N[C@H]([C]=O)CCC(=O)O. The van der Waals surface area contributed by atoms with Crippen molar-refractivity contribution in [1.29, 1.82) is 0 Å². The molecular formula is C5H8NO3. The van der Waals surface area contributed by atoms with E-state index in [0.717, 1.165) is 0 Å². The Labute approximate surface area is 52.7 Å². The highest BCUT2D eigenvalue weighted by Gasteiger charge is 2.03. The van der Waals surface area contributed by atoms with Gasteiger partial charge in [0.2, 0.25) is 6.29 Å². The van der Waals surface area contributed by atoms with Crippen molar-refractivity contribution in [3.8, 4) is 0 Å². The summed E-state index contributed by atoms with van der Waals surface area (Å²) >= 11 is 0. The van der Waals surface area contributed by atoms with E-state index in [2.05, 4.69) is 0 Å². The highest BCUT2D eigenvalue weighted by atomic mass is 16.4. The molecule has 4 nitrogen and oxygen atoms in total. The molecule has 9 heavy (non-hydrogen) atoms. The Bertz CT molecular complexity index is 113. The molecule has 0 spiro atoms. The van der Waals surface area contributed by atoms with Crippen molar-refractivity contribution in [2.24, 2.45) is 5.73 Å². The zero-order chi connectivity index (χ0) is 7.28. The molecule has 0 aromatic rings. The van der Waals surface area contributed by atoms with Crippen molar-refractivity contribution in [1.82, 2.24) is 0 Å². The predicted molar refractivity (Wildman–Crippen MR) is 30.5 cm³/mol. The summed E-state index contributed by atoms with van der Waals surface area (Å²) in [6, 6.07) is -0.749. The molecule has 1 atom stereocenters. The minimum atomic E-state index is -0.944. The average molecular weight is 130 g/mol. The summed E-state index contributed by atoms with van der Waals surface area (Å²) in [6.07, 6.45) is 1.58. The van der Waals surface area contributed by atoms with Gasteiger partial charge in [-0.15, -0.1) is 0 Å². The van der Waals surface area contributed by atoms with E-state index in [4.69, 9.17) is 10.8 Å². The van der Waals surface area contributed by atoms with Crippen LogP contribution in [0.1, 0.15) is 12.8 Å². The number of carbonyl (C=O) groups is 1. The van der Waals surface area contributed by atoms with Crippen molar-refractivity contribution in [3.05, 3.63) is 0 Å². The van der Waals surface area contributed by atoms with Crippen LogP contribution in [-0.4, -0.2) is 23.4 Å². The second-order valence-corrected chi connectivity index (χ2v) is 1.66. The first-order valence-corrected chi connectivity index (χ1v) is 2.52. The number of carbonyl (C=O) groups excluding carboxylic acids is 1. The van der Waals surface area contributed by atoms with Gasteiger partial charge in [0.05, 0.1) is 6.04 Å². The topological polar surface area (TPSA) is 80.4 Å². The molecular weight excluding hydrogens is 122 g/mol. The fraction of sp³-hybridized carbons (Fsp3) is 0.600. The molecule has 4 heteroatoms. The number of rotatable bonds is 4. The molecule has 0 saturated heterocycles. The van der Waals surface area contributed by atoms with Gasteiger partial charge in [0.25, 0.3) is 0 Å². The highest BCUT2D eigenvalue weighted by molar-refractivity contribution is 5.68. The summed E-state index contributed by atoms with van der Waals surface area (Å²) in [5, 5.41) is 8.07. The molecule has 0 aromatic carbocycles. The van der Waals surface area contributed by atoms with Crippen LogP contribution in [0.5, 0.6) is 0 Å². The van der Waals surface area contributed by atoms with Crippen LogP contribution >= 0.6 is 0 Å². The van der Waals surface area contributed by atoms with Crippen molar-refractivity contribution in [2.45, 2.75) is 18.9 Å². The summed E-state index contributed by atoms with van der Waals surface area (Å²) in [7, 11) is 0. The molecule has 0 aromatic heterocycles. The molecule has 0 unspecified atom stereocenters. The van der Waals surface area contributed by atoms with Crippen LogP contribution in [0.4, 0.5) is 0 Å². The van der Waals surface area contributed by atoms with Gasteiger partial charge in [0.15, 0.2) is 0 Å². The maximum Gasteiger partial charge on any atom is 0.303 e. The molecule has 1 radical (unpaired) electrons. The molecule has 0 aliphatic rings. The molecule has 3 N–H and O–H groups in total. The lowest BCUT2D eigenvalue weighted by molar-refractivity contribution is -0.137. The minimum absolute atomic E-state index is 0.0730. The van der Waals surface area contributed by atoms with Gasteiger partial charge in [0.1, 0.15) is 0 Å². The first-order valence-electron chi connectivity index (χ1n) is 2.52. The van der Waals surface area contributed by atoms with Gasteiger partial charge in [-0.3, -0.25) is 9.59 Å². The molecule has 0 fully saturated rings. The van der Waals surface area contributed by atoms with E-state index in [1.165, 1.54) is 6.29 Å². The molecule has 51 valence electrons. The zero-order valence-corrected chi connectivity index (χ0v) is 4.83. The molecule has 0 rings (SSSR count). The first kappa shape index (κ1) is 8.10. The number of aliphatic carboxylic acids is 1. The number of nitrogens with two attached hydrogens (primary N) is 1. The number of hydrogen-bond acceptors (Lipinski definition) is 3. The molecule has 0 aliphatic heterocycles. The Balaban J connectivity index is 3.26. The van der Waals surface area contributed by atoms with Crippen LogP contribution in [0.25, 0.3) is 0 Å². The fourth-order valence-corrected chi connectivity index (χ4v) is 0.338. The van der Waals surface area contributed by atoms with Crippen LogP contribution in [0.2, 0.25) is 0 Å². The van der Waals surface area contributed by atoms with Crippen molar-refractivity contribution in [3.63, 3.8) is 0 Å². The van der Waals surface area contributed by atoms with Crippen LogP contribution < -0.4 is 5.73 Å². The van der Waals surface area contributed by atoms with Gasteiger partial charge in [0, 0.05) is 6.42 Å². The van der Waals surface area contributed by atoms with E-state index in [9.17, 15) is 9.59 Å². The van der Waals surface area contributed by atoms with E-state index < -0.39 is 12.0 Å². The summed E-state index contributed by atoms with van der Waals surface area (Å²) < 4.78 is 0. The lowest BCUT2D eigenvalue weighted by Crippen LogP contribution is -2.22. The van der Waals surface area contributed by atoms with Gasteiger partial charge in [-0.25, -0.2) is 0 Å². The Morgan fingerprint density at radius 3 is 2.67 bits per heavy atom. The first-order chi connectivity index (χ1) is 4.16. The normalized spacial score (nSPS) is 12.6. The fourth-order valence-electron chi connectivity index (χ4n) is 0.338. The highest BCUT2D eigenvalue weighted by Crippen LogP contribution is 1.90. The Morgan fingerprint density at radius 1 is 1.78 bits per heavy atom. The lowest BCUT2D eigenvalue weighted by atomic mass is 10.2. The van der Waals surface area contributed by atoms with Gasteiger partial charge < -0.3 is 10.8 Å². The molecule has 0 bridgehead atoms. The number of hydrogen-bond donors (Lipinski definition) is 2. The van der Waals surface area contributed by atoms with Gasteiger partial charge in [-0.1, -0.05) is 0 Å². The van der Waals surface area contributed by atoms with Crippen LogP contribution in [-0.2, 0) is 9.59 Å². The quantitative estimate of drug-likeness (QED) is 0.526. The molecule has 0 aliphatic carbocycles. The van der Waals surface area contributed by atoms with Crippen molar-refractivity contribution < 1.29 is 14.7 Å². The maximum atomic E-state index is 9.83. The maximum absolute atomic E-state index is 9.83. The van der Waals surface area contributed by atoms with Crippen LogP contribution in [0.15, 0.2) is 0 Å². The predicted octanol–water partition coefficient (Wildman–Crippen LogP) is -0.712. The van der Waals surface area contributed by atoms with E-state index in [1.54, 1.807) is 0 Å². The summed E-state index contributed by atoms with van der Waals surface area (Å²) in [5.41, 5.74) is 5.03. The standard InChI is InChI=1S/C5H8NO3/c6-4(3-7)1-2-5(8)9/h4H,1-2,6H2,(H,8,9)/t4-/m0/s1. The third kappa shape index (κ3) is 4.96. The van der Waals surface area contributed by atoms with E-state index in [0.29, 0.717) is 0 Å². The van der Waals surface area contributed by atoms with E-state index >= 15 is 0 Å². The number of carboxylic acids is 1.